The lowest BCUT2D eigenvalue weighted by molar-refractivity contribution is -0.147. The first-order valence-corrected chi connectivity index (χ1v) is 9.99. The summed E-state index contributed by atoms with van der Waals surface area (Å²) in [5, 5.41) is 0. The van der Waals surface area contributed by atoms with Gasteiger partial charge in [0.2, 0.25) is 5.91 Å². The summed E-state index contributed by atoms with van der Waals surface area (Å²) in [6.07, 6.45) is 1.21. The number of hydrogen-bond donors (Lipinski definition) is 0. The lowest BCUT2D eigenvalue weighted by atomic mass is 10.0. The molecule has 0 heterocycles. The largest absolute Gasteiger partial charge is 0.497 e. The molecule has 0 saturated carbocycles. The van der Waals surface area contributed by atoms with Crippen LogP contribution < -0.4 is 9.47 Å². The van der Waals surface area contributed by atoms with Crippen LogP contribution in [0.3, 0.4) is 0 Å². The SMILES string of the molecule is COC(=O)CN(Cc1cc(OC)cc(OC)c1)C(=O)Cc1ccc(CC(C)C)cc1. The van der Waals surface area contributed by atoms with Crippen LogP contribution in [0.2, 0.25) is 0 Å². The lowest BCUT2D eigenvalue weighted by Gasteiger charge is -2.22. The zero-order valence-electron chi connectivity index (χ0n) is 18.4. The van der Waals surface area contributed by atoms with Crippen molar-refractivity contribution in [1.82, 2.24) is 4.90 Å². The van der Waals surface area contributed by atoms with Gasteiger partial charge in [-0.3, -0.25) is 9.59 Å². The fourth-order valence-corrected chi connectivity index (χ4v) is 3.18. The molecule has 0 saturated heterocycles. The molecular weight excluding hydrogens is 382 g/mol. The molecule has 0 aliphatic rings. The zero-order valence-corrected chi connectivity index (χ0v) is 18.4. The Balaban J connectivity index is 2.17. The topological polar surface area (TPSA) is 65.1 Å². The fraction of sp³-hybridized carbons (Fsp3) is 0.417. The van der Waals surface area contributed by atoms with Gasteiger partial charge in [-0.15, -0.1) is 0 Å². The number of nitrogens with zero attached hydrogens (tertiary/aromatic N) is 1. The molecule has 30 heavy (non-hydrogen) atoms. The van der Waals surface area contributed by atoms with Crippen molar-refractivity contribution in [2.24, 2.45) is 5.92 Å². The number of carbonyl (C=O) groups is 2. The second kappa shape index (κ2) is 11.2. The van der Waals surface area contributed by atoms with Crippen molar-refractivity contribution in [3.63, 3.8) is 0 Å². The standard InChI is InChI=1S/C24H31NO5/c1-17(2)10-18-6-8-19(9-7-18)13-23(26)25(16-24(27)30-5)15-20-11-21(28-3)14-22(12-20)29-4/h6-9,11-12,14,17H,10,13,15-16H2,1-5H3. The summed E-state index contributed by atoms with van der Waals surface area (Å²) in [6.45, 7) is 4.47. The number of hydrogen-bond acceptors (Lipinski definition) is 5. The Morgan fingerprint density at radius 2 is 1.43 bits per heavy atom. The van der Waals surface area contributed by atoms with E-state index in [-0.39, 0.29) is 25.4 Å². The van der Waals surface area contributed by atoms with Gasteiger partial charge < -0.3 is 19.1 Å². The van der Waals surface area contributed by atoms with Crippen LogP contribution in [0, 0.1) is 5.92 Å². The first kappa shape index (κ1) is 23.3. The van der Waals surface area contributed by atoms with Crippen molar-refractivity contribution in [3.05, 3.63) is 59.2 Å². The van der Waals surface area contributed by atoms with Crippen molar-refractivity contribution >= 4 is 11.9 Å². The maximum absolute atomic E-state index is 13.0. The van der Waals surface area contributed by atoms with Crippen molar-refractivity contribution in [1.29, 1.82) is 0 Å². The molecule has 6 heteroatoms. The van der Waals surface area contributed by atoms with E-state index in [0.717, 1.165) is 17.5 Å². The van der Waals surface area contributed by atoms with Crippen LogP contribution in [0.1, 0.15) is 30.5 Å². The van der Waals surface area contributed by atoms with Crippen LogP contribution >= 0.6 is 0 Å². The maximum atomic E-state index is 13.0. The number of esters is 1. The molecule has 0 fully saturated rings. The van der Waals surface area contributed by atoms with E-state index in [2.05, 4.69) is 26.0 Å². The molecule has 0 spiro atoms. The molecule has 1 amide bonds. The molecule has 0 aromatic heterocycles. The summed E-state index contributed by atoms with van der Waals surface area (Å²) in [7, 11) is 4.45. The van der Waals surface area contributed by atoms with Crippen LogP contribution in [-0.2, 0) is 33.7 Å². The van der Waals surface area contributed by atoms with E-state index in [0.29, 0.717) is 17.4 Å². The van der Waals surface area contributed by atoms with E-state index < -0.39 is 5.97 Å². The van der Waals surface area contributed by atoms with Crippen molar-refractivity contribution in [2.75, 3.05) is 27.9 Å². The molecule has 2 aromatic rings. The quantitative estimate of drug-likeness (QED) is 0.557. The summed E-state index contributed by atoms with van der Waals surface area (Å²) in [4.78, 5) is 26.4. The minimum atomic E-state index is -0.467. The van der Waals surface area contributed by atoms with Gasteiger partial charge >= 0.3 is 5.97 Å². The van der Waals surface area contributed by atoms with Crippen LogP contribution in [-0.4, -0.2) is 44.7 Å². The average Bonchev–Trinajstić information content (AvgIpc) is 2.73. The number of carbonyl (C=O) groups excluding carboxylic acids is 2. The molecule has 0 aliphatic heterocycles. The highest BCUT2D eigenvalue weighted by Crippen LogP contribution is 2.23. The highest BCUT2D eigenvalue weighted by Gasteiger charge is 2.19. The van der Waals surface area contributed by atoms with Crippen molar-refractivity contribution in [3.8, 4) is 11.5 Å². The first-order chi connectivity index (χ1) is 14.3. The number of rotatable bonds is 10. The molecule has 0 bridgehead atoms. The minimum Gasteiger partial charge on any atom is -0.497 e. The van der Waals surface area contributed by atoms with Crippen LogP contribution in [0.25, 0.3) is 0 Å². The molecule has 6 nitrogen and oxygen atoms in total. The Morgan fingerprint density at radius 3 is 1.93 bits per heavy atom. The second-order valence-electron chi connectivity index (χ2n) is 7.64. The number of benzene rings is 2. The summed E-state index contributed by atoms with van der Waals surface area (Å²) in [6, 6.07) is 13.5. The molecular formula is C24H31NO5. The van der Waals surface area contributed by atoms with Gasteiger partial charge in [-0.25, -0.2) is 0 Å². The normalized spacial score (nSPS) is 10.6. The van der Waals surface area contributed by atoms with Gasteiger partial charge in [-0.2, -0.15) is 0 Å². The highest BCUT2D eigenvalue weighted by molar-refractivity contribution is 5.83. The summed E-state index contributed by atoms with van der Waals surface area (Å²) < 4.78 is 15.4. The molecule has 2 rings (SSSR count). The fourth-order valence-electron chi connectivity index (χ4n) is 3.18. The molecule has 0 N–H and O–H groups in total. The Morgan fingerprint density at radius 1 is 0.867 bits per heavy atom. The predicted molar refractivity (Wildman–Crippen MR) is 116 cm³/mol. The van der Waals surface area contributed by atoms with Gasteiger partial charge in [0.1, 0.15) is 18.0 Å². The Hall–Kier alpha value is -3.02. The van der Waals surface area contributed by atoms with Gasteiger partial charge in [-0.1, -0.05) is 38.1 Å². The Bertz CT molecular complexity index is 823. The Labute approximate surface area is 178 Å². The lowest BCUT2D eigenvalue weighted by Crippen LogP contribution is -2.36. The third-order valence-corrected chi connectivity index (χ3v) is 4.71. The minimum absolute atomic E-state index is 0.125. The zero-order chi connectivity index (χ0) is 22.1. The monoisotopic (exact) mass is 413 g/mol. The smallest absolute Gasteiger partial charge is 0.325 e. The molecule has 0 unspecified atom stereocenters. The van der Waals surface area contributed by atoms with Gasteiger partial charge in [0, 0.05) is 12.6 Å². The predicted octanol–water partition coefficient (Wildman–Crippen LogP) is 3.65. The highest BCUT2D eigenvalue weighted by atomic mass is 16.5. The number of methoxy groups -OCH3 is 3. The molecule has 0 radical (unpaired) electrons. The van der Waals surface area contributed by atoms with E-state index >= 15 is 0 Å². The maximum Gasteiger partial charge on any atom is 0.325 e. The van der Waals surface area contributed by atoms with Crippen LogP contribution in [0.15, 0.2) is 42.5 Å². The van der Waals surface area contributed by atoms with Crippen molar-refractivity contribution < 1.29 is 23.8 Å². The number of ether oxygens (including phenoxy) is 3. The van der Waals surface area contributed by atoms with Crippen LogP contribution in [0.5, 0.6) is 11.5 Å². The Kier molecular flexibility index (Phi) is 8.71. The molecule has 0 aliphatic carbocycles. The van der Waals surface area contributed by atoms with Crippen molar-refractivity contribution in [2.45, 2.75) is 33.2 Å². The van der Waals surface area contributed by atoms with E-state index in [9.17, 15) is 9.59 Å². The van der Waals surface area contributed by atoms with Gasteiger partial charge in [0.05, 0.1) is 27.8 Å². The first-order valence-electron chi connectivity index (χ1n) is 9.99. The molecule has 162 valence electrons. The van der Waals surface area contributed by atoms with E-state index in [4.69, 9.17) is 14.2 Å². The summed E-state index contributed by atoms with van der Waals surface area (Å²) >= 11 is 0. The number of amides is 1. The second-order valence-corrected chi connectivity index (χ2v) is 7.64. The van der Waals surface area contributed by atoms with Crippen LogP contribution in [0.4, 0.5) is 0 Å². The van der Waals surface area contributed by atoms with Gasteiger partial charge in [0.25, 0.3) is 0 Å². The van der Waals surface area contributed by atoms with Gasteiger partial charge in [-0.05, 0) is 41.2 Å². The van der Waals surface area contributed by atoms with E-state index in [1.807, 2.05) is 24.3 Å². The third-order valence-electron chi connectivity index (χ3n) is 4.71. The summed E-state index contributed by atoms with van der Waals surface area (Å²) in [5.41, 5.74) is 2.96. The third kappa shape index (κ3) is 7.10. The van der Waals surface area contributed by atoms with E-state index in [1.165, 1.54) is 17.6 Å². The van der Waals surface area contributed by atoms with Gasteiger partial charge in [0.15, 0.2) is 0 Å². The van der Waals surface area contributed by atoms with E-state index in [1.54, 1.807) is 20.3 Å². The average molecular weight is 414 g/mol. The molecule has 2 aromatic carbocycles. The summed E-state index contributed by atoms with van der Waals surface area (Å²) in [5.74, 6) is 1.20. The molecule has 0 atom stereocenters.